The van der Waals surface area contributed by atoms with Gasteiger partial charge in [0.1, 0.15) is 0 Å². The van der Waals surface area contributed by atoms with Gasteiger partial charge in [-0.15, -0.1) is 12.8 Å². The average Bonchev–Trinajstić information content (AvgIpc) is 2.05. The van der Waals surface area contributed by atoms with Gasteiger partial charge in [-0.1, -0.05) is 44.4 Å². The van der Waals surface area contributed by atoms with Crippen molar-refractivity contribution in [2.24, 2.45) is 5.92 Å². The molecule has 0 fully saturated rings. The van der Waals surface area contributed by atoms with Crippen LogP contribution in [0.5, 0.6) is 0 Å². The number of terminal acetylenes is 2. The number of hydrogen-bond donors (Lipinski definition) is 0. The van der Waals surface area contributed by atoms with E-state index >= 15 is 0 Å². The Bertz CT molecular complexity index is 140. The molecular weight excluding hydrogens is 132 g/mol. The normalized spacial score (nSPS) is 9.09. The van der Waals surface area contributed by atoms with Crippen LogP contribution in [0.25, 0.3) is 0 Å². The van der Waals surface area contributed by atoms with Crippen LogP contribution in [0.15, 0.2) is 0 Å². The molecule has 0 rings (SSSR count). The lowest BCUT2D eigenvalue weighted by Gasteiger charge is -2.01. The van der Waals surface area contributed by atoms with Gasteiger partial charge in [0, 0.05) is 0 Å². The van der Waals surface area contributed by atoms with Crippen molar-refractivity contribution in [3.8, 4) is 24.7 Å². The van der Waals surface area contributed by atoms with E-state index in [1.54, 1.807) is 0 Å². The maximum Gasteiger partial charge on any atom is 0.0806 e. The summed E-state index contributed by atoms with van der Waals surface area (Å²) in [6.07, 6.45) is 16.4. The van der Waals surface area contributed by atoms with Crippen molar-refractivity contribution < 1.29 is 0 Å². The third kappa shape index (κ3) is 5.56. The highest BCUT2D eigenvalue weighted by Crippen LogP contribution is 2.08. The first-order chi connectivity index (χ1) is 5.35. The summed E-state index contributed by atoms with van der Waals surface area (Å²) in [5, 5.41) is 0. The molecule has 0 heteroatoms. The van der Waals surface area contributed by atoms with E-state index in [4.69, 9.17) is 12.8 Å². The van der Waals surface area contributed by atoms with Gasteiger partial charge < -0.3 is 0 Å². The largest absolute Gasteiger partial charge is 0.119 e. The van der Waals surface area contributed by atoms with Gasteiger partial charge in [0.2, 0.25) is 0 Å². The van der Waals surface area contributed by atoms with Crippen molar-refractivity contribution in [3.63, 3.8) is 0 Å². The smallest absolute Gasteiger partial charge is 0.0806 e. The van der Waals surface area contributed by atoms with Crippen LogP contribution in [0.1, 0.15) is 39.0 Å². The Morgan fingerprint density at radius 3 is 2.18 bits per heavy atom. The lowest BCUT2D eigenvalue weighted by atomic mass is 10.0. The zero-order chi connectivity index (χ0) is 8.53. The van der Waals surface area contributed by atoms with Gasteiger partial charge in [0.15, 0.2) is 0 Å². The molecule has 0 aromatic carbocycles. The van der Waals surface area contributed by atoms with Gasteiger partial charge in [-0.2, -0.15) is 0 Å². The zero-order valence-electron chi connectivity index (χ0n) is 7.27. The minimum Gasteiger partial charge on any atom is -0.119 e. The molecule has 0 heterocycles. The Hall–Kier alpha value is -0.880. The molecule has 0 aromatic rings. The molecule has 0 nitrogen and oxygen atoms in total. The molecule has 60 valence electrons. The minimum atomic E-state index is 0.0619. The Kier molecular flexibility index (Phi) is 6.65. The van der Waals surface area contributed by atoms with E-state index in [1.165, 1.54) is 25.7 Å². The van der Waals surface area contributed by atoms with E-state index in [0.29, 0.717) is 0 Å². The third-order valence-corrected chi connectivity index (χ3v) is 1.75. The first-order valence-corrected chi connectivity index (χ1v) is 4.27. The van der Waals surface area contributed by atoms with E-state index in [2.05, 4.69) is 18.8 Å². The van der Waals surface area contributed by atoms with Crippen molar-refractivity contribution in [1.82, 2.24) is 0 Å². The Labute approximate surface area is 70.4 Å². The molecule has 0 aliphatic rings. The van der Waals surface area contributed by atoms with Crippen LogP contribution in [0.4, 0.5) is 0 Å². The molecule has 0 unspecified atom stereocenters. The van der Waals surface area contributed by atoms with E-state index in [9.17, 15) is 0 Å². The highest BCUT2D eigenvalue weighted by Gasteiger charge is 1.97. The summed E-state index contributed by atoms with van der Waals surface area (Å²) in [6.45, 7) is 2.19. The van der Waals surface area contributed by atoms with Gasteiger partial charge in [-0.3, -0.25) is 0 Å². The highest BCUT2D eigenvalue weighted by atomic mass is 14.0. The summed E-state index contributed by atoms with van der Waals surface area (Å²) in [5.41, 5.74) is 0. The number of hydrogen-bond acceptors (Lipinski definition) is 0. The van der Waals surface area contributed by atoms with E-state index in [0.717, 1.165) is 6.42 Å². The van der Waals surface area contributed by atoms with Crippen LogP contribution in [0, 0.1) is 30.6 Å². The molecule has 0 saturated heterocycles. The van der Waals surface area contributed by atoms with Crippen LogP contribution in [-0.2, 0) is 0 Å². The van der Waals surface area contributed by atoms with Crippen LogP contribution in [-0.4, -0.2) is 0 Å². The summed E-state index contributed by atoms with van der Waals surface area (Å²) in [5.74, 6) is 5.25. The van der Waals surface area contributed by atoms with Crippen molar-refractivity contribution in [3.05, 3.63) is 0 Å². The number of rotatable bonds is 5. The molecule has 0 spiro atoms. The molecule has 0 bridgehead atoms. The maximum atomic E-state index is 5.21. The average molecular weight is 148 g/mol. The Balaban J connectivity index is 3.25. The molecule has 0 aliphatic heterocycles. The standard InChI is InChI=1S/C11H16/c1-4-7-8-9-10-11(5-2)6-3/h2-3,11H,4,7-10H2,1H3. The lowest BCUT2D eigenvalue weighted by Crippen LogP contribution is -1.91. The van der Waals surface area contributed by atoms with Gasteiger partial charge >= 0.3 is 0 Å². The van der Waals surface area contributed by atoms with Crippen LogP contribution in [0.2, 0.25) is 0 Å². The van der Waals surface area contributed by atoms with Gasteiger partial charge in [0.25, 0.3) is 0 Å². The van der Waals surface area contributed by atoms with E-state index in [1.807, 2.05) is 0 Å². The predicted octanol–water partition coefficient (Wildman–Crippen LogP) is 2.84. The predicted molar refractivity (Wildman–Crippen MR) is 49.9 cm³/mol. The molecule has 0 aromatic heterocycles. The molecular formula is C11H16. The van der Waals surface area contributed by atoms with Crippen molar-refractivity contribution >= 4 is 0 Å². The first-order valence-electron chi connectivity index (χ1n) is 4.27. The fourth-order valence-electron chi connectivity index (χ4n) is 0.990. The quantitative estimate of drug-likeness (QED) is 0.415. The van der Waals surface area contributed by atoms with Crippen LogP contribution in [0.3, 0.4) is 0 Å². The summed E-state index contributed by atoms with van der Waals surface area (Å²) in [6, 6.07) is 0. The summed E-state index contributed by atoms with van der Waals surface area (Å²) in [7, 11) is 0. The van der Waals surface area contributed by atoms with Crippen LogP contribution < -0.4 is 0 Å². The molecule has 0 amide bonds. The molecule has 0 N–H and O–H groups in total. The van der Waals surface area contributed by atoms with Crippen molar-refractivity contribution in [2.45, 2.75) is 39.0 Å². The zero-order valence-corrected chi connectivity index (χ0v) is 7.27. The Morgan fingerprint density at radius 1 is 1.09 bits per heavy atom. The van der Waals surface area contributed by atoms with Gasteiger partial charge in [-0.05, 0) is 6.42 Å². The topological polar surface area (TPSA) is 0 Å². The monoisotopic (exact) mass is 148 g/mol. The Morgan fingerprint density at radius 2 is 1.73 bits per heavy atom. The molecule has 0 aliphatic carbocycles. The summed E-state index contributed by atoms with van der Waals surface area (Å²) >= 11 is 0. The number of unbranched alkanes of at least 4 members (excludes halogenated alkanes) is 3. The molecule has 0 radical (unpaired) electrons. The highest BCUT2D eigenvalue weighted by molar-refractivity contribution is 5.09. The summed E-state index contributed by atoms with van der Waals surface area (Å²) < 4.78 is 0. The van der Waals surface area contributed by atoms with Crippen LogP contribution >= 0.6 is 0 Å². The van der Waals surface area contributed by atoms with E-state index < -0.39 is 0 Å². The fourth-order valence-corrected chi connectivity index (χ4v) is 0.990. The SMILES string of the molecule is C#CC(C#C)CCCCCC. The molecule has 0 atom stereocenters. The second-order valence-corrected chi connectivity index (χ2v) is 2.74. The maximum absolute atomic E-state index is 5.21. The third-order valence-electron chi connectivity index (χ3n) is 1.75. The second kappa shape index (κ2) is 7.23. The lowest BCUT2D eigenvalue weighted by molar-refractivity contribution is 0.606. The molecule has 11 heavy (non-hydrogen) atoms. The van der Waals surface area contributed by atoms with Crippen molar-refractivity contribution in [1.29, 1.82) is 0 Å². The van der Waals surface area contributed by atoms with Gasteiger partial charge in [0.05, 0.1) is 5.92 Å². The molecule has 0 saturated carbocycles. The fraction of sp³-hybridized carbons (Fsp3) is 0.636. The van der Waals surface area contributed by atoms with Gasteiger partial charge in [-0.25, -0.2) is 0 Å². The summed E-state index contributed by atoms with van der Waals surface area (Å²) in [4.78, 5) is 0. The first kappa shape index (κ1) is 10.1. The van der Waals surface area contributed by atoms with E-state index in [-0.39, 0.29) is 5.92 Å². The second-order valence-electron chi connectivity index (χ2n) is 2.74. The van der Waals surface area contributed by atoms with Crippen molar-refractivity contribution in [2.75, 3.05) is 0 Å². The minimum absolute atomic E-state index is 0.0619.